The maximum atomic E-state index is 13.1. The molecule has 126 valence electrons. The molecule has 1 saturated heterocycles. The second-order valence-electron chi connectivity index (χ2n) is 5.59. The monoisotopic (exact) mass is 331 g/mol. The average Bonchev–Trinajstić information content (AvgIpc) is 3.09. The molecule has 3 rings (SSSR count). The molecule has 1 aromatic carbocycles. The summed E-state index contributed by atoms with van der Waals surface area (Å²) in [4.78, 5) is 30.2. The van der Waals surface area contributed by atoms with Crippen LogP contribution in [0.1, 0.15) is 24.4 Å². The van der Waals surface area contributed by atoms with Gasteiger partial charge in [0.15, 0.2) is 0 Å². The standard InChI is InChI=1S/C16H18FN5O2/c17-13-5-3-12(4-6-13)15-16(24)19-7-9-22(15)14(23)2-1-8-21-11-18-10-20-21/h3-6,10-11,15H,1-2,7-9H2,(H,19,24). The highest BCUT2D eigenvalue weighted by Gasteiger charge is 2.33. The van der Waals surface area contributed by atoms with Crippen LogP contribution in [0.2, 0.25) is 0 Å². The van der Waals surface area contributed by atoms with Crippen LogP contribution in [0.4, 0.5) is 4.39 Å². The molecule has 1 N–H and O–H groups in total. The molecule has 1 aliphatic heterocycles. The summed E-state index contributed by atoms with van der Waals surface area (Å²) < 4.78 is 14.8. The fourth-order valence-corrected chi connectivity index (χ4v) is 2.80. The van der Waals surface area contributed by atoms with Gasteiger partial charge in [0, 0.05) is 26.1 Å². The summed E-state index contributed by atoms with van der Waals surface area (Å²) >= 11 is 0. The summed E-state index contributed by atoms with van der Waals surface area (Å²) in [6.07, 6.45) is 3.96. The van der Waals surface area contributed by atoms with Crippen LogP contribution in [0.25, 0.3) is 0 Å². The molecule has 0 saturated carbocycles. The van der Waals surface area contributed by atoms with Crippen LogP contribution >= 0.6 is 0 Å². The molecule has 7 nitrogen and oxygen atoms in total. The number of benzene rings is 1. The number of amides is 2. The summed E-state index contributed by atoms with van der Waals surface area (Å²) in [5.41, 5.74) is 0.609. The predicted octanol–water partition coefficient (Wildman–Crippen LogP) is 0.897. The number of nitrogens with one attached hydrogen (secondary N) is 1. The normalized spacial score (nSPS) is 17.6. The van der Waals surface area contributed by atoms with Crippen LogP contribution < -0.4 is 5.32 Å². The highest BCUT2D eigenvalue weighted by Crippen LogP contribution is 2.24. The van der Waals surface area contributed by atoms with E-state index in [1.54, 1.807) is 28.0 Å². The van der Waals surface area contributed by atoms with Crippen molar-refractivity contribution in [2.24, 2.45) is 0 Å². The van der Waals surface area contributed by atoms with Crippen molar-refractivity contribution >= 4 is 11.8 Å². The maximum absolute atomic E-state index is 13.1. The highest BCUT2D eigenvalue weighted by atomic mass is 19.1. The Morgan fingerprint density at radius 2 is 2.12 bits per heavy atom. The smallest absolute Gasteiger partial charge is 0.247 e. The molecule has 2 amide bonds. The Hall–Kier alpha value is -2.77. The van der Waals surface area contributed by atoms with Crippen molar-refractivity contribution in [3.05, 3.63) is 48.3 Å². The average molecular weight is 331 g/mol. The van der Waals surface area contributed by atoms with E-state index < -0.39 is 6.04 Å². The zero-order valence-corrected chi connectivity index (χ0v) is 13.1. The lowest BCUT2D eigenvalue weighted by Crippen LogP contribution is -2.52. The van der Waals surface area contributed by atoms with Crippen molar-refractivity contribution in [2.75, 3.05) is 13.1 Å². The largest absolute Gasteiger partial charge is 0.352 e. The molecule has 1 atom stereocenters. The third-order valence-electron chi connectivity index (χ3n) is 3.96. The highest BCUT2D eigenvalue weighted by molar-refractivity contribution is 5.89. The third kappa shape index (κ3) is 3.58. The van der Waals surface area contributed by atoms with Gasteiger partial charge in [0.05, 0.1) is 0 Å². The first-order valence-electron chi connectivity index (χ1n) is 7.80. The molecule has 1 aliphatic rings. The Morgan fingerprint density at radius 3 is 2.83 bits per heavy atom. The molecule has 1 fully saturated rings. The van der Waals surface area contributed by atoms with E-state index in [9.17, 15) is 14.0 Å². The SMILES string of the molecule is O=C1NCCN(C(=O)CCCn2cncn2)C1c1ccc(F)cc1. The van der Waals surface area contributed by atoms with Gasteiger partial charge in [-0.1, -0.05) is 12.1 Å². The summed E-state index contributed by atoms with van der Waals surface area (Å²) in [7, 11) is 0. The van der Waals surface area contributed by atoms with Crippen molar-refractivity contribution in [1.29, 1.82) is 0 Å². The van der Waals surface area contributed by atoms with Crippen molar-refractivity contribution in [2.45, 2.75) is 25.4 Å². The number of nitrogens with zero attached hydrogens (tertiary/aromatic N) is 4. The summed E-state index contributed by atoms with van der Waals surface area (Å²) in [6.45, 7) is 1.45. The van der Waals surface area contributed by atoms with Crippen LogP contribution in [0, 0.1) is 5.82 Å². The number of carbonyl (C=O) groups is 2. The number of halogens is 1. The summed E-state index contributed by atoms with van der Waals surface area (Å²) in [5, 5.41) is 6.75. The number of aryl methyl sites for hydroxylation is 1. The van der Waals surface area contributed by atoms with Gasteiger partial charge in [0.2, 0.25) is 11.8 Å². The zero-order valence-electron chi connectivity index (χ0n) is 13.1. The van der Waals surface area contributed by atoms with Crippen LogP contribution in [0.15, 0.2) is 36.9 Å². The van der Waals surface area contributed by atoms with Crippen molar-refractivity contribution in [3.8, 4) is 0 Å². The lowest BCUT2D eigenvalue weighted by Gasteiger charge is -2.35. The van der Waals surface area contributed by atoms with Crippen LogP contribution in [0.3, 0.4) is 0 Å². The van der Waals surface area contributed by atoms with E-state index in [4.69, 9.17) is 0 Å². The number of hydrogen-bond acceptors (Lipinski definition) is 4. The Bertz CT molecular complexity index is 702. The van der Waals surface area contributed by atoms with Gasteiger partial charge in [-0.2, -0.15) is 5.10 Å². The van der Waals surface area contributed by atoms with E-state index in [-0.39, 0.29) is 17.6 Å². The van der Waals surface area contributed by atoms with Gasteiger partial charge < -0.3 is 10.2 Å². The minimum atomic E-state index is -0.710. The first-order chi connectivity index (χ1) is 11.6. The minimum Gasteiger partial charge on any atom is -0.352 e. The van der Waals surface area contributed by atoms with Gasteiger partial charge in [0.1, 0.15) is 24.5 Å². The Labute approximate surface area is 138 Å². The molecule has 8 heteroatoms. The molecular weight excluding hydrogens is 313 g/mol. The van der Waals surface area contributed by atoms with Crippen molar-refractivity contribution in [1.82, 2.24) is 25.0 Å². The number of hydrogen-bond donors (Lipinski definition) is 1. The van der Waals surface area contributed by atoms with Gasteiger partial charge in [0.25, 0.3) is 0 Å². The van der Waals surface area contributed by atoms with E-state index in [2.05, 4.69) is 15.4 Å². The fourth-order valence-electron chi connectivity index (χ4n) is 2.80. The fraction of sp³-hybridized carbons (Fsp3) is 0.375. The van der Waals surface area contributed by atoms with Crippen molar-refractivity contribution < 1.29 is 14.0 Å². The second kappa shape index (κ2) is 7.20. The van der Waals surface area contributed by atoms with E-state index in [1.807, 2.05) is 0 Å². The quantitative estimate of drug-likeness (QED) is 0.883. The van der Waals surface area contributed by atoms with Crippen LogP contribution in [0.5, 0.6) is 0 Å². The molecule has 0 radical (unpaired) electrons. The Balaban J connectivity index is 1.67. The molecule has 24 heavy (non-hydrogen) atoms. The lowest BCUT2D eigenvalue weighted by molar-refractivity contribution is -0.143. The van der Waals surface area contributed by atoms with Crippen LogP contribution in [-0.2, 0) is 16.1 Å². The molecular formula is C16H18FN5O2. The van der Waals surface area contributed by atoms with E-state index in [0.29, 0.717) is 38.0 Å². The summed E-state index contributed by atoms with van der Waals surface area (Å²) in [5.74, 6) is -0.711. The molecule has 2 heterocycles. The Kier molecular flexibility index (Phi) is 4.83. The van der Waals surface area contributed by atoms with Crippen LogP contribution in [-0.4, -0.2) is 44.6 Å². The van der Waals surface area contributed by atoms with Gasteiger partial charge in [-0.15, -0.1) is 0 Å². The van der Waals surface area contributed by atoms with Crippen molar-refractivity contribution in [3.63, 3.8) is 0 Å². The van der Waals surface area contributed by atoms with E-state index in [0.717, 1.165) is 0 Å². The minimum absolute atomic E-state index is 0.0979. The predicted molar refractivity (Wildman–Crippen MR) is 83.1 cm³/mol. The number of piperazine rings is 1. The van der Waals surface area contributed by atoms with E-state index in [1.165, 1.54) is 18.5 Å². The Morgan fingerprint density at radius 1 is 1.33 bits per heavy atom. The van der Waals surface area contributed by atoms with E-state index >= 15 is 0 Å². The lowest BCUT2D eigenvalue weighted by atomic mass is 10.0. The molecule has 1 aromatic heterocycles. The number of carbonyl (C=O) groups excluding carboxylic acids is 2. The third-order valence-corrected chi connectivity index (χ3v) is 3.96. The molecule has 0 bridgehead atoms. The van der Waals surface area contributed by atoms with Gasteiger partial charge in [-0.3, -0.25) is 14.3 Å². The number of rotatable bonds is 5. The van der Waals surface area contributed by atoms with Gasteiger partial charge >= 0.3 is 0 Å². The molecule has 2 aromatic rings. The van der Waals surface area contributed by atoms with Gasteiger partial charge in [-0.25, -0.2) is 9.37 Å². The molecule has 0 aliphatic carbocycles. The topological polar surface area (TPSA) is 80.1 Å². The first-order valence-corrected chi connectivity index (χ1v) is 7.80. The number of aromatic nitrogens is 3. The van der Waals surface area contributed by atoms with Gasteiger partial charge in [-0.05, 0) is 24.1 Å². The molecule has 0 spiro atoms. The molecule has 1 unspecified atom stereocenters. The summed E-state index contributed by atoms with van der Waals surface area (Å²) in [6, 6.07) is 4.97. The zero-order chi connectivity index (χ0) is 16.9. The first kappa shape index (κ1) is 16.1. The maximum Gasteiger partial charge on any atom is 0.247 e. The second-order valence-corrected chi connectivity index (χ2v) is 5.59.